The van der Waals surface area contributed by atoms with Crippen LogP contribution in [0.3, 0.4) is 0 Å². The van der Waals surface area contributed by atoms with Gasteiger partial charge < -0.3 is 53.4 Å². The molecule has 2 fully saturated rings. The van der Waals surface area contributed by atoms with E-state index < -0.39 is 97.3 Å². The van der Waals surface area contributed by atoms with E-state index >= 15 is 0 Å². The van der Waals surface area contributed by atoms with Gasteiger partial charge in [0.25, 0.3) is 0 Å². The SMILES string of the molecule is CC(C)CC(CC(=O)NO)C(=O)N[C@@H](CCC(=O)O)C(=O)N[C@@H](Cc1ccccc1)C(=O)NCC(=O)NCC(=O)N[C@@H](CCCCNC(=O)CCCC[C@@H]1SC[C@@H]2NC(=O)N[C@@H]21)C(N)=O. The second-order valence-corrected chi connectivity index (χ2v) is 17.8. The van der Waals surface area contributed by atoms with E-state index in [-0.39, 0.29) is 55.6 Å². The van der Waals surface area contributed by atoms with E-state index in [0.29, 0.717) is 43.0 Å². The van der Waals surface area contributed by atoms with Gasteiger partial charge >= 0.3 is 12.0 Å². The van der Waals surface area contributed by atoms with Gasteiger partial charge in [-0.05, 0) is 56.4 Å². The van der Waals surface area contributed by atoms with Crippen LogP contribution in [0, 0.1) is 11.8 Å². The fraction of sp³-hybridized carbons (Fsp3) is 0.619. The van der Waals surface area contributed by atoms with Crippen LogP contribution < -0.4 is 53.7 Å². The van der Waals surface area contributed by atoms with E-state index in [9.17, 15) is 53.1 Å². The number of aliphatic carboxylic acids is 1. The molecule has 2 heterocycles. The molecule has 65 heavy (non-hydrogen) atoms. The molecule has 0 aromatic heterocycles. The average molecular weight is 933 g/mol. The van der Waals surface area contributed by atoms with Gasteiger partial charge in [0.05, 0.1) is 25.2 Å². The fourth-order valence-corrected chi connectivity index (χ4v) is 8.95. The van der Waals surface area contributed by atoms with Crippen molar-refractivity contribution in [2.75, 3.05) is 25.4 Å². The number of urea groups is 1. The number of carboxylic acids is 1. The van der Waals surface area contributed by atoms with Crippen LogP contribution in [0.4, 0.5) is 4.79 Å². The third-order valence-electron chi connectivity index (χ3n) is 10.7. The molecule has 7 atom stereocenters. The molecule has 1 aromatic carbocycles. The molecule has 10 amide bonds. The first-order valence-electron chi connectivity index (χ1n) is 21.8. The number of thioether (sulfide) groups is 1. The lowest BCUT2D eigenvalue weighted by atomic mass is 9.92. The smallest absolute Gasteiger partial charge is 0.315 e. The number of hydrogen-bond acceptors (Lipinski definition) is 12. The minimum atomic E-state index is -1.44. The highest BCUT2D eigenvalue weighted by molar-refractivity contribution is 8.00. The normalized spacial score (nSPS) is 18.0. The topological polar surface area (TPSA) is 345 Å². The van der Waals surface area contributed by atoms with Gasteiger partial charge in [-0.15, -0.1) is 0 Å². The number of carboxylic acid groups (broad SMARTS) is 1. The summed E-state index contributed by atoms with van der Waals surface area (Å²) in [7, 11) is 0. The van der Waals surface area contributed by atoms with Crippen LogP contribution in [-0.2, 0) is 49.6 Å². The van der Waals surface area contributed by atoms with Crippen LogP contribution in [0.15, 0.2) is 30.3 Å². The number of carbonyl (C=O) groups is 10. The van der Waals surface area contributed by atoms with E-state index in [1.807, 2.05) is 11.8 Å². The molecule has 0 saturated carbocycles. The Morgan fingerprint density at radius 1 is 0.754 bits per heavy atom. The number of nitrogens with one attached hydrogen (secondary N) is 9. The predicted octanol–water partition coefficient (Wildman–Crippen LogP) is -1.16. The summed E-state index contributed by atoms with van der Waals surface area (Å²) < 4.78 is 0. The molecule has 2 saturated heterocycles. The van der Waals surface area contributed by atoms with E-state index in [0.717, 1.165) is 18.6 Å². The van der Waals surface area contributed by atoms with Crippen LogP contribution in [0.25, 0.3) is 0 Å². The predicted molar refractivity (Wildman–Crippen MR) is 236 cm³/mol. The second kappa shape index (κ2) is 28.0. The first kappa shape index (κ1) is 53.4. The van der Waals surface area contributed by atoms with Crippen molar-refractivity contribution in [1.82, 2.24) is 48.0 Å². The summed E-state index contributed by atoms with van der Waals surface area (Å²) in [6.45, 7) is 2.78. The Labute approximate surface area is 381 Å². The highest BCUT2D eigenvalue weighted by Crippen LogP contribution is 2.33. The Bertz CT molecular complexity index is 1820. The molecule has 22 nitrogen and oxygen atoms in total. The number of hydroxylamine groups is 1. The Morgan fingerprint density at radius 2 is 1.46 bits per heavy atom. The van der Waals surface area contributed by atoms with Gasteiger partial charge in [0.15, 0.2) is 0 Å². The van der Waals surface area contributed by atoms with Crippen LogP contribution >= 0.6 is 11.8 Å². The fourth-order valence-electron chi connectivity index (χ4n) is 7.41. The molecule has 2 aliphatic heterocycles. The van der Waals surface area contributed by atoms with Crippen molar-refractivity contribution >= 4 is 71.0 Å². The van der Waals surface area contributed by atoms with Crippen molar-refractivity contribution < 1.29 is 58.3 Å². The monoisotopic (exact) mass is 932 g/mol. The molecule has 0 bridgehead atoms. The standard InChI is InChI=1S/C42H64N10O12S/c1-24(2)18-26(20-33(54)52-64)39(60)48-28(15-16-36(57)58)41(62)49-29(19-25-10-4-3-5-11-25)40(61)46-21-34(55)45-22-35(56)47-27(38(43)59)12-8-9-17-44-32(53)14-7-6-13-31-37-30(23-65-31)50-42(63)51-37/h3-5,10-11,24,26-31,37,64H,6-9,12-23H2,1-2H3,(H2,43,59)(H,44,53)(H,45,55)(H,46,61)(H,47,56)(H,48,60)(H,49,62)(H,52,54)(H,57,58)(H2,50,51,63)/t26?,27-,28-,29-,30-,31-,37-/m0/s1. The summed E-state index contributed by atoms with van der Waals surface area (Å²) in [6, 6.07) is 4.86. The second-order valence-electron chi connectivity index (χ2n) is 16.5. The molecular formula is C42H64N10O12S. The molecule has 2 aliphatic rings. The maximum absolute atomic E-state index is 13.6. The molecule has 1 unspecified atom stereocenters. The number of hydrogen-bond donors (Lipinski definition) is 12. The number of primary amides is 1. The highest BCUT2D eigenvalue weighted by Gasteiger charge is 2.42. The van der Waals surface area contributed by atoms with Crippen LogP contribution in [0.2, 0.25) is 0 Å². The number of rotatable bonds is 30. The first-order chi connectivity index (χ1) is 30.9. The third-order valence-corrected chi connectivity index (χ3v) is 12.3. The van der Waals surface area contributed by atoms with Crippen LogP contribution in [-0.4, -0.2) is 130 Å². The number of benzene rings is 1. The zero-order valence-corrected chi connectivity index (χ0v) is 37.6. The molecule has 0 radical (unpaired) electrons. The minimum Gasteiger partial charge on any atom is -0.481 e. The summed E-state index contributed by atoms with van der Waals surface area (Å²) in [5, 5.41) is 39.6. The van der Waals surface area contributed by atoms with E-state index in [2.05, 4.69) is 42.5 Å². The minimum absolute atomic E-state index is 0.0649. The lowest BCUT2D eigenvalue weighted by Gasteiger charge is -2.25. The van der Waals surface area contributed by atoms with Gasteiger partial charge in [0, 0.05) is 49.1 Å². The maximum Gasteiger partial charge on any atom is 0.315 e. The van der Waals surface area contributed by atoms with Crippen molar-refractivity contribution in [2.45, 2.75) is 126 Å². The van der Waals surface area contributed by atoms with Gasteiger partial charge in [0.2, 0.25) is 47.3 Å². The Balaban J connectivity index is 1.44. The number of amides is 10. The molecule has 0 aliphatic carbocycles. The quantitative estimate of drug-likeness (QED) is 0.0188. The van der Waals surface area contributed by atoms with E-state index in [4.69, 9.17) is 10.9 Å². The Hall–Kier alpha value is -5.97. The van der Waals surface area contributed by atoms with Gasteiger partial charge in [0.1, 0.15) is 18.1 Å². The molecule has 0 spiro atoms. The summed E-state index contributed by atoms with van der Waals surface area (Å²) >= 11 is 1.83. The molecule has 23 heteroatoms. The Kier molecular flexibility index (Phi) is 23.0. The lowest BCUT2D eigenvalue weighted by molar-refractivity contribution is -0.139. The molecule has 360 valence electrons. The zero-order chi connectivity index (χ0) is 47.9. The molecule has 3 rings (SSSR count). The van der Waals surface area contributed by atoms with Crippen molar-refractivity contribution in [2.24, 2.45) is 17.6 Å². The van der Waals surface area contributed by atoms with E-state index in [1.54, 1.807) is 44.2 Å². The number of nitrogens with two attached hydrogens (primary N) is 1. The molecular weight excluding hydrogens is 869 g/mol. The average Bonchev–Trinajstić information content (AvgIpc) is 3.82. The van der Waals surface area contributed by atoms with Gasteiger partial charge in [-0.2, -0.15) is 11.8 Å². The molecule has 13 N–H and O–H groups in total. The van der Waals surface area contributed by atoms with Crippen molar-refractivity contribution in [3.05, 3.63) is 35.9 Å². The lowest BCUT2D eigenvalue weighted by Crippen LogP contribution is -2.56. The van der Waals surface area contributed by atoms with E-state index in [1.165, 1.54) is 5.48 Å². The number of carbonyl (C=O) groups excluding carboxylic acids is 9. The summed E-state index contributed by atoms with van der Waals surface area (Å²) in [6.07, 6.45) is 2.82. The van der Waals surface area contributed by atoms with Crippen LogP contribution in [0.1, 0.15) is 90.0 Å². The van der Waals surface area contributed by atoms with Crippen molar-refractivity contribution in [3.8, 4) is 0 Å². The zero-order valence-electron chi connectivity index (χ0n) is 36.8. The number of unbranched alkanes of at least 4 members (excludes halogenated alkanes) is 2. The Morgan fingerprint density at radius 3 is 2.14 bits per heavy atom. The van der Waals surface area contributed by atoms with Gasteiger partial charge in [-0.1, -0.05) is 50.6 Å². The van der Waals surface area contributed by atoms with Gasteiger partial charge in [-0.25, -0.2) is 10.3 Å². The summed E-state index contributed by atoms with van der Waals surface area (Å²) in [4.78, 5) is 125. The maximum atomic E-state index is 13.6. The largest absolute Gasteiger partial charge is 0.481 e. The summed E-state index contributed by atoms with van der Waals surface area (Å²) in [5.41, 5.74) is 7.57. The summed E-state index contributed by atoms with van der Waals surface area (Å²) in [5.74, 6) is -7.11. The first-order valence-corrected chi connectivity index (χ1v) is 22.9. The van der Waals surface area contributed by atoms with Crippen LogP contribution in [0.5, 0.6) is 0 Å². The highest BCUT2D eigenvalue weighted by atomic mass is 32.2. The molecule has 1 aromatic rings. The van der Waals surface area contributed by atoms with Crippen molar-refractivity contribution in [3.63, 3.8) is 0 Å². The number of fused-ring (bicyclic) bond motifs is 1. The van der Waals surface area contributed by atoms with Gasteiger partial charge in [-0.3, -0.25) is 48.4 Å². The third kappa shape index (κ3) is 20.2. The van der Waals surface area contributed by atoms with Crippen molar-refractivity contribution in [1.29, 1.82) is 0 Å².